The van der Waals surface area contributed by atoms with E-state index in [-0.39, 0.29) is 5.97 Å². The van der Waals surface area contributed by atoms with Gasteiger partial charge in [0.05, 0.1) is 27.5 Å². The van der Waals surface area contributed by atoms with Crippen LogP contribution in [-0.2, 0) is 4.74 Å². The molecule has 6 heteroatoms. The topological polar surface area (TPSA) is 57.7 Å². The van der Waals surface area contributed by atoms with Crippen LogP contribution in [0.2, 0.25) is 0 Å². The second kappa shape index (κ2) is 5.71. The van der Waals surface area contributed by atoms with E-state index in [0.29, 0.717) is 16.4 Å². The van der Waals surface area contributed by atoms with E-state index >= 15 is 0 Å². The third-order valence-electron chi connectivity index (χ3n) is 2.52. The normalized spacial score (nSPS) is 10.1. The van der Waals surface area contributed by atoms with Crippen molar-refractivity contribution in [3.63, 3.8) is 0 Å². The molecule has 0 saturated carbocycles. The molecule has 0 spiro atoms. The molecule has 1 aromatic heterocycles. The molecule has 100 valence electrons. The van der Waals surface area contributed by atoms with Crippen LogP contribution in [0.4, 0.5) is 0 Å². The van der Waals surface area contributed by atoms with Crippen molar-refractivity contribution in [2.24, 2.45) is 0 Å². The molecule has 0 aliphatic heterocycles. The molecule has 0 aliphatic carbocycles. The van der Waals surface area contributed by atoms with Gasteiger partial charge in [0.15, 0.2) is 11.5 Å². The smallest absolute Gasteiger partial charge is 0.349 e. The van der Waals surface area contributed by atoms with E-state index in [1.54, 1.807) is 20.3 Å². The molecular formula is C13H13NO4S. The van der Waals surface area contributed by atoms with Crippen LogP contribution in [0.3, 0.4) is 0 Å². The van der Waals surface area contributed by atoms with Crippen molar-refractivity contribution in [1.29, 1.82) is 0 Å². The van der Waals surface area contributed by atoms with E-state index in [1.807, 2.05) is 12.1 Å². The lowest BCUT2D eigenvalue weighted by Gasteiger charge is -2.08. The maximum Gasteiger partial charge on any atom is 0.349 e. The maximum atomic E-state index is 11.4. The van der Waals surface area contributed by atoms with Crippen molar-refractivity contribution in [3.05, 3.63) is 29.3 Å². The highest BCUT2D eigenvalue weighted by atomic mass is 32.1. The summed E-state index contributed by atoms with van der Waals surface area (Å²) in [6.07, 6.45) is 1.50. The number of benzene rings is 1. The second-order valence-electron chi connectivity index (χ2n) is 3.59. The lowest BCUT2D eigenvalue weighted by atomic mass is 10.2. The molecule has 1 heterocycles. The fourth-order valence-electron chi connectivity index (χ4n) is 1.57. The molecule has 0 unspecified atom stereocenters. The summed E-state index contributed by atoms with van der Waals surface area (Å²) in [5, 5.41) is 0.723. The summed E-state index contributed by atoms with van der Waals surface area (Å²) in [7, 11) is 4.50. The van der Waals surface area contributed by atoms with Gasteiger partial charge in [0.1, 0.15) is 9.88 Å². The number of ether oxygens (including phenoxy) is 3. The molecule has 5 nitrogen and oxygen atoms in total. The van der Waals surface area contributed by atoms with Crippen molar-refractivity contribution in [2.75, 3.05) is 21.3 Å². The Bertz CT molecular complexity index is 594. The fraction of sp³-hybridized carbons (Fsp3) is 0.231. The number of aromatic nitrogens is 1. The minimum atomic E-state index is -0.385. The van der Waals surface area contributed by atoms with E-state index in [4.69, 9.17) is 9.47 Å². The van der Waals surface area contributed by atoms with E-state index < -0.39 is 0 Å². The number of nitrogens with zero attached hydrogens (tertiary/aromatic N) is 1. The lowest BCUT2D eigenvalue weighted by molar-refractivity contribution is 0.0606. The highest BCUT2D eigenvalue weighted by Crippen LogP contribution is 2.33. The Morgan fingerprint density at radius 3 is 2.53 bits per heavy atom. The van der Waals surface area contributed by atoms with Crippen molar-refractivity contribution in [1.82, 2.24) is 4.98 Å². The number of hydrogen-bond acceptors (Lipinski definition) is 6. The van der Waals surface area contributed by atoms with Crippen LogP contribution in [0.5, 0.6) is 11.5 Å². The summed E-state index contributed by atoms with van der Waals surface area (Å²) >= 11 is 1.27. The summed E-state index contributed by atoms with van der Waals surface area (Å²) in [4.78, 5) is 16.1. The van der Waals surface area contributed by atoms with E-state index in [0.717, 1.165) is 10.6 Å². The Morgan fingerprint density at radius 2 is 1.89 bits per heavy atom. The zero-order valence-electron chi connectivity index (χ0n) is 10.8. The molecule has 2 aromatic rings. The van der Waals surface area contributed by atoms with Gasteiger partial charge in [-0.05, 0) is 18.2 Å². The Morgan fingerprint density at radius 1 is 1.16 bits per heavy atom. The zero-order valence-corrected chi connectivity index (χ0v) is 11.6. The lowest BCUT2D eigenvalue weighted by Crippen LogP contribution is -1.96. The van der Waals surface area contributed by atoms with Crippen LogP contribution >= 0.6 is 11.3 Å². The van der Waals surface area contributed by atoms with Gasteiger partial charge in [-0.25, -0.2) is 9.78 Å². The minimum Gasteiger partial charge on any atom is -0.493 e. The standard InChI is InChI=1S/C13H13NO4S/c1-16-9-5-4-8(6-10(9)17-2)12-14-7-11(19-12)13(15)18-3/h4-7H,1-3H3. The number of thiazole rings is 1. The Balaban J connectivity index is 2.36. The molecular weight excluding hydrogens is 266 g/mol. The zero-order chi connectivity index (χ0) is 13.8. The third kappa shape index (κ3) is 2.68. The predicted octanol–water partition coefficient (Wildman–Crippen LogP) is 2.61. The molecule has 0 bridgehead atoms. The van der Waals surface area contributed by atoms with Crippen LogP contribution in [0.25, 0.3) is 10.6 Å². The first-order valence-corrected chi connectivity index (χ1v) is 6.27. The van der Waals surface area contributed by atoms with Crippen LogP contribution in [0.15, 0.2) is 24.4 Å². The Labute approximate surface area is 114 Å². The van der Waals surface area contributed by atoms with E-state index in [9.17, 15) is 4.79 Å². The molecule has 2 rings (SSSR count). The van der Waals surface area contributed by atoms with Gasteiger partial charge in [0.2, 0.25) is 0 Å². The second-order valence-corrected chi connectivity index (χ2v) is 4.62. The summed E-state index contributed by atoms with van der Waals surface area (Å²) in [5.74, 6) is 0.884. The van der Waals surface area contributed by atoms with Crippen molar-refractivity contribution in [2.45, 2.75) is 0 Å². The van der Waals surface area contributed by atoms with Gasteiger partial charge >= 0.3 is 5.97 Å². The molecule has 19 heavy (non-hydrogen) atoms. The molecule has 1 aromatic carbocycles. The van der Waals surface area contributed by atoms with Crippen molar-refractivity contribution in [3.8, 4) is 22.1 Å². The number of carbonyl (C=O) groups is 1. The largest absolute Gasteiger partial charge is 0.493 e. The predicted molar refractivity (Wildman–Crippen MR) is 72.0 cm³/mol. The first-order chi connectivity index (χ1) is 9.19. The van der Waals surface area contributed by atoms with E-state index in [1.165, 1.54) is 24.6 Å². The average molecular weight is 279 g/mol. The summed E-state index contributed by atoms with van der Waals surface area (Å²) in [6.45, 7) is 0. The third-order valence-corrected chi connectivity index (χ3v) is 3.55. The molecule has 0 atom stereocenters. The number of hydrogen-bond donors (Lipinski definition) is 0. The number of rotatable bonds is 4. The van der Waals surface area contributed by atoms with Gasteiger partial charge in [-0.1, -0.05) is 0 Å². The highest BCUT2D eigenvalue weighted by molar-refractivity contribution is 7.16. The van der Waals surface area contributed by atoms with Gasteiger partial charge in [-0.3, -0.25) is 0 Å². The molecule has 0 amide bonds. The summed E-state index contributed by atoms with van der Waals surface area (Å²) in [6, 6.07) is 5.48. The quantitative estimate of drug-likeness (QED) is 0.805. The number of carbonyl (C=O) groups excluding carboxylic acids is 1. The molecule has 0 N–H and O–H groups in total. The number of esters is 1. The van der Waals surface area contributed by atoms with E-state index in [2.05, 4.69) is 9.72 Å². The van der Waals surface area contributed by atoms with Crippen molar-refractivity contribution < 1.29 is 19.0 Å². The average Bonchev–Trinajstić information content (AvgIpc) is 2.95. The monoisotopic (exact) mass is 279 g/mol. The maximum absolute atomic E-state index is 11.4. The highest BCUT2D eigenvalue weighted by Gasteiger charge is 2.13. The van der Waals surface area contributed by atoms with Gasteiger partial charge < -0.3 is 14.2 Å². The summed E-state index contributed by atoms with van der Waals surface area (Å²) in [5.41, 5.74) is 0.859. The first-order valence-electron chi connectivity index (χ1n) is 5.46. The molecule has 0 aliphatic rings. The van der Waals surface area contributed by atoms with Crippen LogP contribution < -0.4 is 9.47 Å². The van der Waals surface area contributed by atoms with Gasteiger partial charge in [-0.2, -0.15) is 0 Å². The number of methoxy groups -OCH3 is 3. The fourth-order valence-corrected chi connectivity index (χ4v) is 2.40. The van der Waals surface area contributed by atoms with Gasteiger partial charge in [-0.15, -0.1) is 11.3 Å². The van der Waals surface area contributed by atoms with Crippen LogP contribution in [-0.4, -0.2) is 32.3 Å². The van der Waals surface area contributed by atoms with Crippen LogP contribution in [0.1, 0.15) is 9.67 Å². The molecule has 0 radical (unpaired) electrons. The molecule has 0 fully saturated rings. The summed E-state index contributed by atoms with van der Waals surface area (Å²) < 4.78 is 15.1. The van der Waals surface area contributed by atoms with Gasteiger partial charge in [0.25, 0.3) is 0 Å². The Kier molecular flexibility index (Phi) is 4.01. The van der Waals surface area contributed by atoms with Crippen molar-refractivity contribution >= 4 is 17.3 Å². The Hall–Kier alpha value is -2.08. The first kappa shape index (κ1) is 13.4. The SMILES string of the molecule is COC(=O)c1cnc(-c2ccc(OC)c(OC)c2)s1. The van der Waals surface area contributed by atoms with Gasteiger partial charge in [0, 0.05) is 5.56 Å². The minimum absolute atomic E-state index is 0.385. The molecule has 0 saturated heterocycles. The van der Waals surface area contributed by atoms with Crippen LogP contribution in [0, 0.1) is 0 Å².